The van der Waals surface area contributed by atoms with E-state index in [1.807, 2.05) is 5.38 Å². The van der Waals surface area contributed by atoms with Crippen molar-refractivity contribution in [3.05, 3.63) is 22.8 Å². The summed E-state index contributed by atoms with van der Waals surface area (Å²) in [6, 6.07) is 0.211. The van der Waals surface area contributed by atoms with E-state index in [0.717, 1.165) is 5.01 Å². The fraction of sp³-hybridized carbons (Fsp3) is 0.583. The molecule has 1 aliphatic rings. The molecule has 8 nitrogen and oxygen atoms in total. The maximum absolute atomic E-state index is 12.6. The van der Waals surface area contributed by atoms with Crippen molar-refractivity contribution < 1.29 is 8.42 Å². The molecule has 2 aromatic heterocycles. The molecule has 1 atom stereocenters. The summed E-state index contributed by atoms with van der Waals surface area (Å²) in [5.74, 6) is 0. The van der Waals surface area contributed by atoms with Gasteiger partial charge in [0.15, 0.2) is 5.03 Å². The Morgan fingerprint density at radius 3 is 2.55 bits per heavy atom. The Hall–Kier alpha value is -1.36. The topological polar surface area (TPSA) is 84.2 Å². The molecule has 0 aromatic carbocycles. The third-order valence-corrected chi connectivity index (χ3v) is 6.80. The number of aromatic nitrogens is 4. The van der Waals surface area contributed by atoms with Crippen molar-refractivity contribution in [1.82, 2.24) is 29.2 Å². The summed E-state index contributed by atoms with van der Waals surface area (Å²) in [4.78, 5) is 6.59. The first-order chi connectivity index (χ1) is 10.5. The summed E-state index contributed by atoms with van der Waals surface area (Å²) in [6.07, 6.45) is 3.09. The van der Waals surface area contributed by atoms with Crippen molar-refractivity contribution >= 4 is 21.4 Å². The van der Waals surface area contributed by atoms with Crippen LogP contribution in [0.25, 0.3) is 0 Å². The summed E-state index contributed by atoms with van der Waals surface area (Å²) >= 11 is 1.63. The second-order valence-corrected chi connectivity index (χ2v) is 7.99. The van der Waals surface area contributed by atoms with Gasteiger partial charge in [-0.1, -0.05) is 5.21 Å². The third-order valence-electron chi connectivity index (χ3n) is 3.91. The quantitative estimate of drug-likeness (QED) is 0.797. The molecule has 0 N–H and O–H groups in total. The molecule has 0 amide bonds. The van der Waals surface area contributed by atoms with Gasteiger partial charge in [0.2, 0.25) is 0 Å². The number of thiazole rings is 1. The maximum atomic E-state index is 12.6. The van der Waals surface area contributed by atoms with Crippen molar-refractivity contribution in [2.75, 3.05) is 26.2 Å². The standard InChI is InChI=1S/C12H18N6O2S2/c1-10(12-13-3-8-21-12)17-4-6-18(7-5-17)22(19,20)11-9-14-15-16(11)2/h3,8-10H,4-7H2,1-2H3/t10-/m0/s1. The van der Waals surface area contributed by atoms with E-state index in [1.54, 1.807) is 24.6 Å². The predicted octanol–water partition coefficient (Wildman–Crippen LogP) is 0.339. The predicted molar refractivity (Wildman–Crippen MR) is 81.9 cm³/mol. The Kier molecular flexibility index (Phi) is 4.26. The summed E-state index contributed by atoms with van der Waals surface area (Å²) in [5, 5.41) is 10.5. The van der Waals surface area contributed by atoms with Crippen LogP contribution >= 0.6 is 11.3 Å². The minimum Gasteiger partial charge on any atom is -0.292 e. The number of rotatable bonds is 4. The van der Waals surface area contributed by atoms with Gasteiger partial charge in [-0.15, -0.1) is 16.4 Å². The first-order valence-corrected chi connectivity index (χ1v) is 9.30. The van der Waals surface area contributed by atoms with E-state index in [2.05, 4.69) is 27.1 Å². The lowest BCUT2D eigenvalue weighted by Gasteiger charge is -2.36. The third kappa shape index (κ3) is 2.78. The van der Waals surface area contributed by atoms with Crippen molar-refractivity contribution in [3.63, 3.8) is 0 Å². The van der Waals surface area contributed by atoms with Crippen LogP contribution in [0.1, 0.15) is 18.0 Å². The Labute approximate surface area is 133 Å². The van der Waals surface area contributed by atoms with Crippen LogP contribution in [-0.4, -0.2) is 63.8 Å². The molecule has 2 aromatic rings. The van der Waals surface area contributed by atoms with Crippen LogP contribution in [-0.2, 0) is 17.1 Å². The lowest BCUT2D eigenvalue weighted by Crippen LogP contribution is -2.49. The average molecular weight is 342 g/mol. The van der Waals surface area contributed by atoms with Gasteiger partial charge in [0.25, 0.3) is 10.0 Å². The Balaban J connectivity index is 1.68. The molecule has 10 heteroatoms. The molecule has 1 fully saturated rings. The zero-order valence-corrected chi connectivity index (χ0v) is 14.1. The molecule has 1 aliphatic heterocycles. The zero-order valence-electron chi connectivity index (χ0n) is 12.5. The number of nitrogens with zero attached hydrogens (tertiary/aromatic N) is 6. The van der Waals surface area contributed by atoms with Crippen molar-refractivity contribution in [2.24, 2.45) is 7.05 Å². The first-order valence-electron chi connectivity index (χ1n) is 6.98. The molecular formula is C12H18N6O2S2. The maximum Gasteiger partial charge on any atom is 0.261 e. The molecule has 3 heterocycles. The van der Waals surface area contributed by atoms with Gasteiger partial charge in [-0.3, -0.25) is 4.90 Å². The highest BCUT2D eigenvalue weighted by Crippen LogP contribution is 2.24. The van der Waals surface area contributed by atoms with Crippen LogP contribution in [0.15, 0.2) is 22.8 Å². The van der Waals surface area contributed by atoms with E-state index in [1.165, 1.54) is 15.2 Å². The summed E-state index contributed by atoms with van der Waals surface area (Å²) in [5.41, 5.74) is 0. The number of hydrogen-bond donors (Lipinski definition) is 0. The molecule has 0 aliphatic carbocycles. The normalized spacial score (nSPS) is 19.4. The molecule has 0 unspecified atom stereocenters. The van der Waals surface area contributed by atoms with Gasteiger partial charge in [-0.25, -0.2) is 18.1 Å². The number of hydrogen-bond acceptors (Lipinski definition) is 7. The smallest absolute Gasteiger partial charge is 0.261 e. The van der Waals surface area contributed by atoms with Crippen LogP contribution < -0.4 is 0 Å². The van der Waals surface area contributed by atoms with Crippen molar-refractivity contribution in [1.29, 1.82) is 0 Å². The molecule has 22 heavy (non-hydrogen) atoms. The van der Waals surface area contributed by atoms with E-state index in [0.29, 0.717) is 26.2 Å². The molecule has 0 saturated carbocycles. The molecule has 120 valence electrons. The minimum atomic E-state index is -3.52. The van der Waals surface area contributed by atoms with E-state index in [-0.39, 0.29) is 11.1 Å². The van der Waals surface area contributed by atoms with E-state index in [4.69, 9.17) is 0 Å². The Morgan fingerprint density at radius 1 is 1.27 bits per heavy atom. The Bertz CT molecular complexity index is 719. The lowest BCUT2D eigenvalue weighted by molar-refractivity contribution is 0.145. The molecule has 0 spiro atoms. The molecule has 3 rings (SSSR count). The fourth-order valence-electron chi connectivity index (χ4n) is 2.57. The monoisotopic (exact) mass is 342 g/mol. The van der Waals surface area contributed by atoms with Gasteiger partial charge >= 0.3 is 0 Å². The number of aryl methyl sites for hydroxylation is 1. The zero-order chi connectivity index (χ0) is 15.7. The Morgan fingerprint density at radius 2 is 2.00 bits per heavy atom. The van der Waals surface area contributed by atoms with Gasteiger partial charge in [-0.2, -0.15) is 4.31 Å². The van der Waals surface area contributed by atoms with Crippen LogP contribution in [0, 0.1) is 0 Å². The minimum absolute atomic E-state index is 0.133. The van der Waals surface area contributed by atoms with E-state index in [9.17, 15) is 8.42 Å². The lowest BCUT2D eigenvalue weighted by atomic mass is 10.2. The van der Waals surface area contributed by atoms with Gasteiger partial charge in [0, 0.05) is 44.8 Å². The van der Waals surface area contributed by atoms with Crippen LogP contribution in [0.4, 0.5) is 0 Å². The SMILES string of the molecule is C[C@@H](c1nccs1)N1CCN(S(=O)(=O)c2cnnn2C)CC1. The van der Waals surface area contributed by atoms with Gasteiger partial charge in [0.05, 0.1) is 12.2 Å². The highest BCUT2D eigenvalue weighted by Gasteiger charge is 2.32. The van der Waals surface area contributed by atoms with Gasteiger partial charge in [-0.05, 0) is 6.92 Å². The van der Waals surface area contributed by atoms with E-state index >= 15 is 0 Å². The second kappa shape index (κ2) is 6.03. The van der Waals surface area contributed by atoms with Gasteiger partial charge < -0.3 is 0 Å². The summed E-state index contributed by atoms with van der Waals surface area (Å²) < 4.78 is 27.9. The first kappa shape index (κ1) is 15.5. The van der Waals surface area contributed by atoms with Crippen LogP contribution in [0.2, 0.25) is 0 Å². The van der Waals surface area contributed by atoms with Crippen molar-refractivity contribution in [3.8, 4) is 0 Å². The van der Waals surface area contributed by atoms with Crippen LogP contribution in [0.3, 0.4) is 0 Å². The molecule has 0 radical (unpaired) electrons. The van der Waals surface area contributed by atoms with Crippen molar-refractivity contribution in [2.45, 2.75) is 18.0 Å². The fourth-order valence-corrected chi connectivity index (χ4v) is 4.76. The molecule has 0 bridgehead atoms. The highest BCUT2D eigenvalue weighted by molar-refractivity contribution is 7.89. The molecular weight excluding hydrogens is 324 g/mol. The summed E-state index contributed by atoms with van der Waals surface area (Å²) in [6.45, 7) is 4.40. The number of piperazine rings is 1. The average Bonchev–Trinajstić information content (AvgIpc) is 3.18. The highest BCUT2D eigenvalue weighted by atomic mass is 32.2. The second-order valence-electron chi connectivity index (χ2n) is 5.18. The van der Waals surface area contributed by atoms with E-state index < -0.39 is 10.0 Å². The van der Waals surface area contributed by atoms with Gasteiger partial charge in [0.1, 0.15) is 5.01 Å². The summed E-state index contributed by atoms with van der Waals surface area (Å²) in [7, 11) is -1.94. The van der Waals surface area contributed by atoms with Crippen LogP contribution in [0.5, 0.6) is 0 Å². The number of sulfonamides is 1. The largest absolute Gasteiger partial charge is 0.292 e. The molecule has 1 saturated heterocycles.